The third-order valence-corrected chi connectivity index (χ3v) is 10.8. The van der Waals surface area contributed by atoms with E-state index in [9.17, 15) is 0 Å². The Bertz CT molecular complexity index is 3220. The van der Waals surface area contributed by atoms with Crippen LogP contribution in [-0.2, 0) is 0 Å². The minimum atomic E-state index is 0.913. The number of nitrogens with zero attached hydrogens (tertiary/aromatic N) is 2. The van der Waals surface area contributed by atoms with E-state index in [4.69, 9.17) is 9.40 Å². The van der Waals surface area contributed by atoms with Gasteiger partial charge in [-0.25, -0.2) is 0 Å². The predicted octanol–water partition coefficient (Wildman–Crippen LogP) is 14.4. The molecular formula is C51H32N2O. The summed E-state index contributed by atoms with van der Waals surface area (Å²) in [5.41, 5.74) is 9.51. The summed E-state index contributed by atoms with van der Waals surface area (Å²) in [6, 6.07) is 67.6. The number of pyridine rings is 1. The van der Waals surface area contributed by atoms with Crippen LogP contribution in [0.4, 0.5) is 17.1 Å². The Hall–Kier alpha value is -7.23. The van der Waals surface area contributed by atoms with Crippen molar-refractivity contribution in [2.45, 2.75) is 0 Å². The topological polar surface area (TPSA) is 29.3 Å². The molecule has 0 aliphatic rings. The molecule has 3 nitrogen and oxygen atoms in total. The lowest BCUT2D eigenvalue weighted by molar-refractivity contribution is 0.669. The van der Waals surface area contributed by atoms with Crippen LogP contribution in [0.5, 0.6) is 0 Å². The highest BCUT2D eigenvalue weighted by Crippen LogP contribution is 2.45. The lowest BCUT2D eigenvalue weighted by Crippen LogP contribution is -2.11. The van der Waals surface area contributed by atoms with Crippen molar-refractivity contribution in [1.82, 2.24) is 4.98 Å². The molecule has 0 radical (unpaired) electrons. The van der Waals surface area contributed by atoms with Gasteiger partial charge < -0.3 is 9.32 Å². The number of anilines is 3. The average Bonchev–Trinajstić information content (AvgIpc) is 3.61. The number of para-hydroxylation sites is 1. The standard InChI is InChI=1S/C51H32N2O/c1-2-11-33(12-3-1)34-22-24-42-38(27-34)30-49(44-16-5-4-15-43(42)44)53(39-14-10-13-37(29-39)48-18-8-9-26-52-48)40-23-25-41-35(28-40)20-21-36-31-51-47(32-46(36)41)45-17-6-7-19-50(45)54-51/h1-32H. The molecule has 0 spiro atoms. The molecule has 2 aromatic heterocycles. The number of hydrogen-bond acceptors (Lipinski definition) is 3. The molecule has 0 atom stereocenters. The SMILES string of the molecule is c1ccc(-c2ccc3c(c2)cc(N(c2cccc(-c4ccccn4)c2)c2ccc4c(ccc5cc6oc7ccccc7c6cc54)c2)c2ccccc23)cc1. The van der Waals surface area contributed by atoms with Crippen LogP contribution in [-0.4, -0.2) is 4.98 Å². The summed E-state index contributed by atoms with van der Waals surface area (Å²) in [6.45, 7) is 0. The van der Waals surface area contributed by atoms with E-state index < -0.39 is 0 Å². The number of fused-ring (bicyclic) bond motifs is 9. The van der Waals surface area contributed by atoms with Crippen molar-refractivity contribution >= 4 is 82.1 Å². The monoisotopic (exact) mass is 688 g/mol. The van der Waals surface area contributed by atoms with Crippen LogP contribution in [0.3, 0.4) is 0 Å². The van der Waals surface area contributed by atoms with E-state index in [-0.39, 0.29) is 0 Å². The van der Waals surface area contributed by atoms with Gasteiger partial charge in [0.25, 0.3) is 0 Å². The molecule has 2 heterocycles. The first-order valence-corrected chi connectivity index (χ1v) is 18.4. The second-order valence-electron chi connectivity index (χ2n) is 14.0. The van der Waals surface area contributed by atoms with Crippen LogP contribution in [0.15, 0.2) is 199 Å². The molecule has 0 fully saturated rings. The van der Waals surface area contributed by atoms with Gasteiger partial charge >= 0.3 is 0 Å². The smallest absolute Gasteiger partial charge is 0.136 e. The van der Waals surface area contributed by atoms with E-state index >= 15 is 0 Å². The van der Waals surface area contributed by atoms with E-state index in [1.807, 2.05) is 30.5 Å². The summed E-state index contributed by atoms with van der Waals surface area (Å²) < 4.78 is 6.25. The van der Waals surface area contributed by atoms with Crippen molar-refractivity contribution in [2.24, 2.45) is 0 Å². The summed E-state index contributed by atoms with van der Waals surface area (Å²) in [5.74, 6) is 0. The van der Waals surface area contributed by atoms with Crippen LogP contribution in [0.25, 0.3) is 87.4 Å². The normalized spacial score (nSPS) is 11.7. The minimum absolute atomic E-state index is 0.913. The second-order valence-corrected chi connectivity index (χ2v) is 14.0. The third kappa shape index (κ3) is 4.94. The highest BCUT2D eigenvalue weighted by molar-refractivity contribution is 6.18. The minimum Gasteiger partial charge on any atom is -0.456 e. The van der Waals surface area contributed by atoms with E-state index in [1.165, 1.54) is 48.8 Å². The van der Waals surface area contributed by atoms with Gasteiger partial charge in [-0.1, -0.05) is 121 Å². The molecule has 0 N–H and O–H groups in total. The lowest BCUT2D eigenvalue weighted by atomic mass is 9.95. The average molecular weight is 689 g/mol. The lowest BCUT2D eigenvalue weighted by Gasteiger charge is -2.28. The zero-order valence-electron chi connectivity index (χ0n) is 29.3. The molecule has 9 aromatic carbocycles. The van der Waals surface area contributed by atoms with Crippen LogP contribution in [0.2, 0.25) is 0 Å². The highest BCUT2D eigenvalue weighted by Gasteiger charge is 2.20. The molecule has 11 aromatic rings. The number of aromatic nitrogens is 1. The third-order valence-electron chi connectivity index (χ3n) is 10.8. The maximum atomic E-state index is 6.25. The van der Waals surface area contributed by atoms with Crippen LogP contribution < -0.4 is 4.90 Å². The van der Waals surface area contributed by atoms with Gasteiger partial charge in [0.2, 0.25) is 0 Å². The molecule has 0 unspecified atom stereocenters. The fourth-order valence-corrected chi connectivity index (χ4v) is 8.26. The number of benzene rings is 9. The maximum Gasteiger partial charge on any atom is 0.136 e. The Balaban J connectivity index is 1.16. The molecule has 54 heavy (non-hydrogen) atoms. The Kier molecular flexibility index (Phi) is 6.86. The second kappa shape index (κ2) is 12.2. The highest BCUT2D eigenvalue weighted by atomic mass is 16.3. The molecule has 0 aliphatic heterocycles. The van der Waals surface area contributed by atoms with Gasteiger partial charge in [-0.15, -0.1) is 0 Å². The molecule has 0 amide bonds. The van der Waals surface area contributed by atoms with Crippen molar-refractivity contribution in [3.8, 4) is 22.4 Å². The van der Waals surface area contributed by atoms with Crippen molar-refractivity contribution < 1.29 is 4.42 Å². The zero-order valence-corrected chi connectivity index (χ0v) is 29.3. The summed E-state index contributed by atoms with van der Waals surface area (Å²) in [4.78, 5) is 7.12. The summed E-state index contributed by atoms with van der Waals surface area (Å²) in [6.07, 6.45) is 1.86. The number of hydrogen-bond donors (Lipinski definition) is 0. The molecule has 0 saturated carbocycles. The molecule has 3 heteroatoms. The molecule has 0 aliphatic carbocycles. The molecule has 0 bridgehead atoms. The van der Waals surface area contributed by atoms with Gasteiger partial charge in [-0.05, 0) is 116 Å². The van der Waals surface area contributed by atoms with Gasteiger partial charge in [0, 0.05) is 39.3 Å². The summed E-state index contributed by atoms with van der Waals surface area (Å²) in [7, 11) is 0. The van der Waals surface area contributed by atoms with Crippen LogP contribution >= 0.6 is 0 Å². The molecule has 0 saturated heterocycles. The maximum absolute atomic E-state index is 6.25. The van der Waals surface area contributed by atoms with E-state index in [0.29, 0.717) is 0 Å². The van der Waals surface area contributed by atoms with Crippen molar-refractivity contribution in [3.63, 3.8) is 0 Å². The molecule has 11 rings (SSSR count). The van der Waals surface area contributed by atoms with Crippen LogP contribution in [0.1, 0.15) is 0 Å². The van der Waals surface area contributed by atoms with Gasteiger partial charge in [0.05, 0.1) is 11.4 Å². The van der Waals surface area contributed by atoms with E-state index in [2.05, 4.69) is 169 Å². The largest absolute Gasteiger partial charge is 0.456 e. The zero-order chi connectivity index (χ0) is 35.6. The first kappa shape index (κ1) is 30.4. The molecule has 252 valence electrons. The summed E-state index contributed by atoms with van der Waals surface area (Å²) >= 11 is 0. The Morgan fingerprint density at radius 3 is 1.94 bits per heavy atom. The summed E-state index contributed by atoms with van der Waals surface area (Å²) in [5, 5.41) is 11.9. The fourth-order valence-electron chi connectivity index (χ4n) is 8.26. The number of furan rings is 1. The van der Waals surface area contributed by atoms with Crippen molar-refractivity contribution in [2.75, 3.05) is 4.90 Å². The Labute approximate surface area is 312 Å². The van der Waals surface area contributed by atoms with Crippen molar-refractivity contribution in [3.05, 3.63) is 194 Å². The van der Waals surface area contributed by atoms with Crippen LogP contribution in [0, 0.1) is 0 Å². The van der Waals surface area contributed by atoms with Gasteiger partial charge in [0.15, 0.2) is 0 Å². The Morgan fingerprint density at radius 1 is 0.352 bits per heavy atom. The molecular weight excluding hydrogens is 657 g/mol. The van der Waals surface area contributed by atoms with E-state index in [1.54, 1.807) is 0 Å². The van der Waals surface area contributed by atoms with Gasteiger partial charge in [-0.3, -0.25) is 4.98 Å². The predicted molar refractivity (Wildman–Crippen MR) is 227 cm³/mol. The first-order valence-electron chi connectivity index (χ1n) is 18.4. The number of rotatable bonds is 5. The van der Waals surface area contributed by atoms with Gasteiger partial charge in [0.1, 0.15) is 11.2 Å². The Morgan fingerprint density at radius 2 is 1.07 bits per heavy atom. The fraction of sp³-hybridized carbons (Fsp3) is 0. The quantitative estimate of drug-likeness (QED) is 0.169. The van der Waals surface area contributed by atoms with Gasteiger partial charge in [-0.2, -0.15) is 0 Å². The first-order chi connectivity index (χ1) is 26.7. The van der Waals surface area contributed by atoms with Crippen molar-refractivity contribution in [1.29, 1.82) is 0 Å². The van der Waals surface area contributed by atoms with E-state index in [0.717, 1.165) is 55.6 Å².